The molecule has 0 spiro atoms. The van der Waals surface area contributed by atoms with Gasteiger partial charge in [-0.3, -0.25) is 14.4 Å². The summed E-state index contributed by atoms with van der Waals surface area (Å²) < 4.78 is 10.4. The van der Waals surface area contributed by atoms with E-state index in [2.05, 4.69) is 4.98 Å². The summed E-state index contributed by atoms with van der Waals surface area (Å²) in [5.41, 5.74) is -0.399. The van der Waals surface area contributed by atoms with Crippen molar-refractivity contribution >= 4 is 17.7 Å². The summed E-state index contributed by atoms with van der Waals surface area (Å²) in [6.07, 6.45) is 2.00. The number of fused-ring (bicyclic) bond motifs is 1. The highest BCUT2D eigenvalue weighted by atomic mass is 16.5. The van der Waals surface area contributed by atoms with E-state index in [1.165, 1.54) is 21.1 Å². The Bertz CT molecular complexity index is 869. The van der Waals surface area contributed by atoms with E-state index < -0.39 is 5.41 Å². The lowest BCUT2D eigenvalue weighted by Gasteiger charge is -2.32. The topological polar surface area (TPSA) is 92.3 Å². The minimum absolute atomic E-state index is 0.0307. The predicted molar refractivity (Wildman–Crippen MR) is 107 cm³/mol. The second-order valence-corrected chi connectivity index (χ2v) is 8.35. The van der Waals surface area contributed by atoms with Crippen LogP contribution in [0.1, 0.15) is 30.1 Å². The van der Waals surface area contributed by atoms with Crippen LogP contribution in [-0.2, 0) is 9.59 Å². The van der Waals surface area contributed by atoms with Crippen LogP contribution in [0.4, 0.5) is 0 Å². The van der Waals surface area contributed by atoms with Gasteiger partial charge in [-0.2, -0.15) is 4.98 Å². The Morgan fingerprint density at radius 1 is 1.00 bits per heavy atom. The largest absolute Gasteiger partial charge is 0.481 e. The van der Waals surface area contributed by atoms with E-state index in [-0.39, 0.29) is 29.5 Å². The molecule has 3 aliphatic rings. The molecule has 3 aliphatic heterocycles. The molecule has 9 nitrogen and oxygen atoms in total. The van der Waals surface area contributed by atoms with Gasteiger partial charge >= 0.3 is 0 Å². The van der Waals surface area contributed by atoms with E-state index >= 15 is 0 Å². The first kappa shape index (κ1) is 20.4. The standard InChI is InChI=1S/C21H28N4O5/c1-14(26)24-10-15-11-25(13-21(15,12-24)20(28)23-8-4-5-9-23)19(27)16-6-7-17(29-2)22-18(16)30-3/h6-7,15H,4-5,8-13H2,1-3H3. The van der Waals surface area contributed by atoms with Crippen molar-refractivity contribution in [2.24, 2.45) is 11.3 Å². The van der Waals surface area contributed by atoms with Gasteiger partial charge in [0.25, 0.3) is 5.91 Å². The Labute approximate surface area is 175 Å². The van der Waals surface area contributed by atoms with Gasteiger partial charge in [-0.1, -0.05) is 0 Å². The van der Waals surface area contributed by atoms with Crippen molar-refractivity contribution in [3.8, 4) is 11.8 Å². The van der Waals surface area contributed by atoms with E-state index in [9.17, 15) is 14.4 Å². The second-order valence-electron chi connectivity index (χ2n) is 8.35. The zero-order valence-corrected chi connectivity index (χ0v) is 17.7. The van der Waals surface area contributed by atoms with Gasteiger partial charge in [0.2, 0.25) is 23.6 Å². The Morgan fingerprint density at radius 2 is 1.67 bits per heavy atom. The average molecular weight is 416 g/mol. The fraction of sp³-hybridized carbons (Fsp3) is 0.619. The van der Waals surface area contributed by atoms with Crippen LogP contribution in [0.2, 0.25) is 0 Å². The molecule has 3 amide bonds. The van der Waals surface area contributed by atoms with Crippen LogP contribution in [-0.4, -0.2) is 90.9 Å². The third-order valence-corrected chi connectivity index (χ3v) is 6.63. The summed E-state index contributed by atoms with van der Waals surface area (Å²) in [6, 6.07) is 3.26. The summed E-state index contributed by atoms with van der Waals surface area (Å²) >= 11 is 0. The number of aromatic nitrogens is 1. The highest BCUT2D eigenvalue weighted by Crippen LogP contribution is 2.45. The van der Waals surface area contributed by atoms with Gasteiger partial charge < -0.3 is 24.2 Å². The normalized spacial score (nSPS) is 25.4. The number of carbonyl (C=O) groups is 3. The van der Waals surface area contributed by atoms with Crippen LogP contribution in [0.3, 0.4) is 0 Å². The number of nitrogens with zero attached hydrogens (tertiary/aromatic N) is 4. The summed E-state index contributed by atoms with van der Waals surface area (Å²) in [5.74, 6) is 0.303. The van der Waals surface area contributed by atoms with E-state index in [1.54, 1.807) is 21.9 Å². The molecule has 0 aliphatic carbocycles. The summed E-state index contributed by atoms with van der Waals surface area (Å²) in [5, 5.41) is 0. The van der Waals surface area contributed by atoms with Crippen molar-refractivity contribution in [1.29, 1.82) is 0 Å². The van der Waals surface area contributed by atoms with E-state index in [0.29, 0.717) is 37.6 Å². The third-order valence-electron chi connectivity index (χ3n) is 6.63. The highest BCUT2D eigenvalue weighted by Gasteiger charge is 2.60. The first-order chi connectivity index (χ1) is 14.4. The fourth-order valence-electron chi connectivity index (χ4n) is 5.02. The SMILES string of the molecule is COc1ccc(C(=O)N2CC3CN(C(C)=O)CC3(C(=O)N3CCCC3)C2)c(OC)n1. The lowest BCUT2D eigenvalue weighted by Crippen LogP contribution is -2.49. The van der Waals surface area contributed by atoms with Crippen molar-refractivity contribution < 1.29 is 23.9 Å². The lowest BCUT2D eigenvalue weighted by molar-refractivity contribution is -0.141. The zero-order valence-electron chi connectivity index (χ0n) is 17.7. The maximum absolute atomic E-state index is 13.5. The number of amides is 3. The molecule has 9 heteroatoms. The summed E-state index contributed by atoms with van der Waals surface area (Å²) in [6.45, 7) is 4.62. The fourth-order valence-corrected chi connectivity index (χ4v) is 5.02. The first-order valence-corrected chi connectivity index (χ1v) is 10.3. The van der Waals surface area contributed by atoms with E-state index in [1.807, 2.05) is 4.90 Å². The number of rotatable bonds is 4. The minimum atomic E-state index is -0.737. The number of hydrogen-bond donors (Lipinski definition) is 0. The molecule has 0 radical (unpaired) electrons. The van der Waals surface area contributed by atoms with Crippen molar-refractivity contribution in [2.45, 2.75) is 19.8 Å². The highest BCUT2D eigenvalue weighted by molar-refractivity contribution is 5.98. The molecule has 1 aromatic rings. The molecule has 1 aromatic heterocycles. The van der Waals surface area contributed by atoms with Gasteiger partial charge in [-0.15, -0.1) is 0 Å². The molecule has 162 valence electrons. The number of pyridine rings is 1. The number of ether oxygens (including phenoxy) is 2. The van der Waals surface area contributed by atoms with Crippen LogP contribution in [0.25, 0.3) is 0 Å². The number of carbonyl (C=O) groups excluding carboxylic acids is 3. The van der Waals surface area contributed by atoms with Crippen LogP contribution in [0.15, 0.2) is 12.1 Å². The number of methoxy groups -OCH3 is 2. The van der Waals surface area contributed by atoms with Crippen LogP contribution in [0.5, 0.6) is 11.8 Å². The molecule has 2 unspecified atom stereocenters. The maximum Gasteiger partial charge on any atom is 0.259 e. The molecule has 3 fully saturated rings. The molecule has 4 rings (SSSR count). The van der Waals surface area contributed by atoms with Crippen molar-refractivity contribution in [1.82, 2.24) is 19.7 Å². The smallest absolute Gasteiger partial charge is 0.259 e. The van der Waals surface area contributed by atoms with Gasteiger partial charge in [-0.05, 0) is 18.9 Å². The van der Waals surface area contributed by atoms with E-state index in [0.717, 1.165) is 25.9 Å². The Hall–Kier alpha value is -2.84. The molecule has 3 saturated heterocycles. The van der Waals surface area contributed by atoms with Gasteiger partial charge in [0, 0.05) is 58.2 Å². The van der Waals surface area contributed by atoms with Crippen LogP contribution < -0.4 is 9.47 Å². The molecule has 0 aromatic carbocycles. The van der Waals surface area contributed by atoms with Gasteiger partial charge in [0.05, 0.1) is 19.6 Å². The second kappa shape index (κ2) is 7.77. The molecule has 0 bridgehead atoms. The molecule has 2 atom stereocenters. The molecular formula is C21H28N4O5. The van der Waals surface area contributed by atoms with Crippen molar-refractivity contribution in [3.05, 3.63) is 17.7 Å². The first-order valence-electron chi connectivity index (χ1n) is 10.3. The quantitative estimate of drug-likeness (QED) is 0.715. The van der Waals surface area contributed by atoms with Crippen molar-refractivity contribution in [2.75, 3.05) is 53.5 Å². The summed E-state index contributed by atoms with van der Waals surface area (Å²) in [7, 11) is 2.96. The molecule has 30 heavy (non-hydrogen) atoms. The van der Waals surface area contributed by atoms with Crippen LogP contribution in [0, 0.1) is 11.3 Å². The molecule has 0 saturated carbocycles. The van der Waals surface area contributed by atoms with Crippen molar-refractivity contribution in [3.63, 3.8) is 0 Å². The maximum atomic E-state index is 13.5. The molecule has 4 heterocycles. The predicted octanol–water partition coefficient (Wildman–Crippen LogP) is 0.642. The number of hydrogen-bond acceptors (Lipinski definition) is 6. The van der Waals surface area contributed by atoms with Crippen LogP contribution >= 0.6 is 0 Å². The summed E-state index contributed by atoms with van der Waals surface area (Å²) in [4.78, 5) is 48.4. The monoisotopic (exact) mass is 416 g/mol. The minimum Gasteiger partial charge on any atom is -0.481 e. The van der Waals surface area contributed by atoms with Gasteiger partial charge in [0.1, 0.15) is 5.56 Å². The Morgan fingerprint density at radius 3 is 2.30 bits per heavy atom. The zero-order chi connectivity index (χ0) is 21.5. The molecular weight excluding hydrogens is 388 g/mol. The lowest BCUT2D eigenvalue weighted by atomic mass is 9.79. The van der Waals surface area contributed by atoms with E-state index in [4.69, 9.17) is 9.47 Å². The average Bonchev–Trinajstić information content (AvgIpc) is 3.47. The Kier molecular flexibility index (Phi) is 5.29. The molecule has 0 N–H and O–H groups in total. The van der Waals surface area contributed by atoms with Gasteiger partial charge in [-0.25, -0.2) is 0 Å². The third kappa shape index (κ3) is 3.26. The Balaban J connectivity index is 1.61. The van der Waals surface area contributed by atoms with Gasteiger partial charge in [0.15, 0.2) is 0 Å². The number of likely N-dealkylation sites (tertiary alicyclic amines) is 3.